The fourth-order valence-corrected chi connectivity index (χ4v) is 2.72. The highest BCUT2D eigenvalue weighted by Crippen LogP contribution is 2.21. The summed E-state index contributed by atoms with van der Waals surface area (Å²) in [5.41, 5.74) is 0.916. The topological polar surface area (TPSA) is 67.4 Å². The van der Waals surface area contributed by atoms with E-state index in [4.69, 9.17) is 16.3 Å². The van der Waals surface area contributed by atoms with Crippen molar-refractivity contribution in [3.8, 4) is 5.75 Å². The molecule has 0 saturated carbocycles. The second-order valence-corrected chi connectivity index (χ2v) is 6.19. The van der Waals surface area contributed by atoms with E-state index in [1.165, 1.54) is 0 Å². The van der Waals surface area contributed by atoms with Gasteiger partial charge in [-0.2, -0.15) is 0 Å². The summed E-state index contributed by atoms with van der Waals surface area (Å²) in [5.74, 6) is 0.185. The van der Waals surface area contributed by atoms with Crippen LogP contribution in [0.4, 0.5) is 0 Å². The molecule has 0 aliphatic carbocycles. The van der Waals surface area contributed by atoms with Crippen LogP contribution in [-0.4, -0.2) is 32.0 Å². The number of carbonyl (C=O) groups excluding carboxylic acids is 2. The first-order valence-corrected chi connectivity index (χ1v) is 8.34. The molecule has 2 amide bonds. The van der Waals surface area contributed by atoms with Crippen LogP contribution in [0, 0.1) is 0 Å². The van der Waals surface area contributed by atoms with Crippen LogP contribution in [0.5, 0.6) is 5.75 Å². The van der Waals surface area contributed by atoms with Gasteiger partial charge in [-0.1, -0.05) is 27.5 Å². The number of nitrogens with one attached hydrogen (secondary N) is 2. The van der Waals surface area contributed by atoms with Crippen molar-refractivity contribution < 1.29 is 14.3 Å². The summed E-state index contributed by atoms with van der Waals surface area (Å²) in [6.45, 7) is 0.609. The third kappa shape index (κ3) is 4.97. The molecule has 2 N–H and O–H groups in total. The van der Waals surface area contributed by atoms with Gasteiger partial charge in [0, 0.05) is 23.1 Å². The second kappa shape index (κ2) is 8.70. The highest BCUT2D eigenvalue weighted by atomic mass is 79.9. The normalized spacial score (nSPS) is 10.1. The molecule has 0 radical (unpaired) electrons. The number of rotatable bonds is 6. The molecule has 5 nitrogen and oxygen atoms in total. The van der Waals surface area contributed by atoms with Gasteiger partial charge in [-0.25, -0.2) is 0 Å². The van der Waals surface area contributed by atoms with Crippen LogP contribution < -0.4 is 15.4 Å². The van der Waals surface area contributed by atoms with Gasteiger partial charge in [-0.3, -0.25) is 9.59 Å². The SMILES string of the molecule is COc1ccc(C(=O)NCCNC(=O)c2ccc(Br)cc2Cl)cc1. The van der Waals surface area contributed by atoms with Crippen molar-refractivity contribution in [3.05, 3.63) is 63.1 Å². The molecule has 0 fully saturated rings. The molecule has 0 atom stereocenters. The number of hydrogen-bond donors (Lipinski definition) is 2. The molecule has 2 aromatic rings. The summed E-state index contributed by atoms with van der Waals surface area (Å²) in [6.07, 6.45) is 0. The van der Waals surface area contributed by atoms with Gasteiger partial charge in [0.2, 0.25) is 0 Å². The van der Waals surface area contributed by atoms with Gasteiger partial charge in [0.1, 0.15) is 5.75 Å². The number of ether oxygens (including phenoxy) is 1. The Bertz CT molecular complexity index is 735. The maximum absolute atomic E-state index is 12.0. The Hall–Kier alpha value is -2.05. The monoisotopic (exact) mass is 410 g/mol. The average Bonchev–Trinajstić information content (AvgIpc) is 2.58. The number of hydrogen-bond acceptors (Lipinski definition) is 3. The number of methoxy groups -OCH3 is 1. The van der Waals surface area contributed by atoms with Gasteiger partial charge in [-0.15, -0.1) is 0 Å². The zero-order valence-electron chi connectivity index (χ0n) is 12.9. The average molecular weight is 412 g/mol. The number of benzene rings is 2. The Morgan fingerprint density at radius 1 is 1.04 bits per heavy atom. The summed E-state index contributed by atoms with van der Waals surface area (Å²) in [5, 5.41) is 5.81. The van der Waals surface area contributed by atoms with Crippen molar-refractivity contribution in [3.63, 3.8) is 0 Å². The van der Waals surface area contributed by atoms with Crippen LogP contribution in [0.2, 0.25) is 5.02 Å². The van der Waals surface area contributed by atoms with Crippen molar-refractivity contribution >= 4 is 39.3 Å². The minimum absolute atomic E-state index is 0.214. The number of carbonyl (C=O) groups is 2. The van der Waals surface area contributed by atoms with E-state index >= 15 is 0 Å². The number of amides is 2. The molecule has 7 heteroatoms. The minimum atomic E-state index is -0.286. The molecule has 0 bridgehead atoms. The Morgan fingerprint density at radius 2 is 1.67 bits per heavy atom. The molecule has 126 valence electrons. The first kappa shape index (κ1) is 18.3. The molecule has 2 rings (SSSR count). The van der Waals surface area contributed by atoms with E-state index in [0.717, 1.165) is 4.47 Å². The predicted molar refractivity (Wildman–Crippen MR) is 96.8 cm³/mol. The third-order valence-electron chi connectivity index (χ3n) is 3.22. The van der Waals surface area contributed by atoms with Gasteiger partial charge < -0.3 is 15.4 Å². The molecule has 0 aliphatic heterocycles. The molecule has 0 heterocycles. The summed E-state index contributed by atoms with van der Waals surface area (Å²) in [7, 11) is 1.56. The maximum atomic E-state index is 12.0. The zero-order valence-corrected chi connectivity index (χ0v) is 15.3. The lowest BCUT2D eigenvalue weighted by Gasteiger charge is -2.09. The third-order valence-corrected chi connectivity index (χ3v) is 4.03. The quantitative estimate of drug-likeness (QED) is 0.717. The van der Waals surface area contributed by atoms with Crippen molar-refractivity contribution in [1.82, 2.24) is 10.6 Å². The lowest BCUT2D eigenvalue weighted by atomic mass is 10.2. The molecular weight excluding hydrogens is 396 g/mol. The van der Waals surface area contributed by atoms with Crippen LogP contribution >= 0.6 is 27.5 Å². The molecule has 0 saturated heterocycles. The molecule has 0 aliphatic rings. The molecule has 0 spiro atoms. The molecule has 2 aromatic carbocycles. The Kier molecular flexibility index (Phi) is 6.63. The molecule has 0 aromatic heterocycles. The van der Waals surface area contributed by atoms with Crippen LogP contribution in [0.1, 0.15) is 20.7 Å². The largest absolute Gasteiger partial charge is 0.497 e. The van der Waals surface area contributed by atoms with E-state index in [0.29, 0.717) is 35.0 Å². The van der Waals surface area contributed by atoms with Crippen LogP contribution in [0.3, 0.4) is 0 Å². The number of halogens is 2. The first-order chi connectivity index (χ1) is 11.5. The maximum Gasteiger partial charge on any atom is 0.252 e. The summed E-state index contributed by atoms with van der Waals surface area (Å²) in [4.78, 5) is 24.0. The van der Waals surface area contributed by atoms with Crippen molar-refractivity contribution in [1.29, 1.82) is 0 Å². The Balaban J connectivity index is 1.79. The van der Waals surface area contributed by atoms with E-state index < -0.39 is 0 Å². The fraction of sp³-hybridized carbons (Fsp3) is 0.176. The standard InChI is InChI=1S/C17H16BrClN2O3/c1-24-13-5-2-11(3-6-13)16(22)20-8-9-21-17(23)14-7-4-12(18)10-15(14)19/h2-7,10H,8-9H2,1H3,(H,20,22)(H,21,23). The van der Waals surface area contributed by atoms with Gasteiger partial charge in [0.25, 0.3) is 11.8 Å². The summed E-state index contributed by atoms with van der Waals surface area (Å²) < 4.78 is 5.84. The van der Waals surface area contributed by atoms with E-state index in [1.54, 1.807) is 49.6 Å². The predicted octanol–water partition coefficient (Wildman–Crippen LogP) is 3.27. The van der Waals surface area contributed by atoms with Crippen LogP contribution in [0.15, 0.2) is 46.9 Å². The Morgan fingerprint density at radius 3 is 2.25 bits per heavy atom. The summed E-state index contributed by atoms with van der Waals surface area (Å²) in [6, 6.07) is 11.8. The van der Waals surface area contributed by atoms with Gasteiger partial charge in [0.15, 0.2) is 0 Å². The van der Waals surface area contributed by atoms with Gasteiger partial charge >= 0.3 is 0 Å². The molecule has 0 unspecified atom stereocenters. The highest BCUT2D eigenvalue weighted by Gasteiger charge is 2.10. The fourth-order valence-electron chi connectivity index (χ4n) is 1.97. The van der Waals surface area contributed by atoms with Crippen LogP contribution in [-0.2, 0) is 0 Å². The van der Waals surface area contributed by atoms with Crippen LogP contribution in [0.25, 0.3) is 0 Å². The Labute approximate surface area is 153 Å². The van der Waals surface area contributed by atoms with E-state index in [-0.39, 0.29) is 11.8 Å². The first-order valence-electron chi connectivity index (χ1n) is 7.17. The lowest BCUT2D eigenvalue weighted by molar-refractivity contribution is 0.0927. The highest BCUT2D eigenvalue weighted by molar-refractivity contribution is 9.10. The van der Waals surface area contributed by atoms with Crippen molar-refractivity contribution in [2.24, 2.45) is 0 Å². The van der Waals surface area contributed by atoms with E-state index in [9.17, 15) is 9.59 Å². The zero-order chi connectivity index (χ0) is 17.5. The minimum Gasteiger partial charge on any atom is -0.497 e. The molecule has 24 heavy (non-hydrogen) atoms. The molecular formula is C17H16BrClN2O3. The smallest absolute Gasteiger partial charge is 0.252 e. The van der Waals surface area contributed by atoms with Crippen molar-refractivity contribution in [2.75, 3.05) is 20.2 Å². The lowest BCUT2D eigenvalue weighted by Crippen LogP contribution is -2.34. The van der Waals surface area contributed by atoms with Gasteiger partial charge in [-0.05, 0) is 42.5 Å². The second-order valence-electron chi connectivity index (χ2n) is 4.86. The summed E-state index contributed by atoms with van der Waals surface area (Å²) >= 11 is 9.31. The van der Waals surface area contributed by atoms with E-state index in [2.05, 4.69) is 26.6 Å². The van der Waals surface area contributed by atoms with E-state index in [1.807, 2.05) is 0 Å². The van der Waals surface area contributed by atoms with Crippen molar-refractivity contribution in [2.45, 2.75) is 0 Å². The van der Waals surface area contributed by atoms with Gasteiger partial charge in [0.05, 0.1) is 17.7 Å².